The smallest absolute Gasteiger partial charge is 0.310 e. The third-order valence-corrected chi connectivity index (χ3v) is 11.9. The minimum absolute atomic E-state index is 0.0167. The number of hydrogen-bond acceptors (Lipinski definition) is 4. The Kier molecular flexibility index (Phi) is 9.96. The van der Waals surface area contributed by atoms with E-state index in [0.717, 1.165) is 58.3 Å². The summed E-state index contributed by atoms with van der Waals surface area (Å²) >= 11 is 0. The zero-order chi connectivity index (χ0) is 33.5. The van der Waals surface area contributed by atoms with Crippen LogP contribution in [0.2, 0.25) is 0 Å². The highest BCUT2D eigenvalue weighted by atomic mass is 16.6. The van der Waals surface area contributed by atoms with Gasteiger partial charge >= 0.3 is 5.97 Å². The van der Waals surface area contributed by atoms with Gasteiger partial charge in [-0.05, 0) is 151 Å². The van der Waals surface area contributed by atoms with E-state index in [-0.39, 0.29) is 35.2 Å². The van der Waals surface area contributed by atoms with Gasteiger partial charge in [0.2, 0.25) is 5.91 Å². The number of aryl methyl sites for hydroxylation is 4. The first-order valence-corrected chi connectivity index (χ1v) is 18.8. The standard InChI is InChI=1S/C42H60N2O3/c1-28(36(40(46)47-42(5,6)7)24-29-16-17-31-11-8-13-33(31)23-29)30-15-10-21-43(22-20-30)39(45)38-27-44(41(2,3)4)26-37(38)35-19-18-32-12-9-14-34(32)25-35/h16-19,23,25,28,30,36-38H,8-15,20-22,24,26-27H2,1-7H3/t28?,30?,36-,37?,38?/m1/s1. The molecule has 256 valence electrons. The van der Waals surface area contributed by atoms with E-state index in [4.69, 9.17) is 4.74 Å². The number of nitrogens with zero attached hydrogens (tertiary/aromatic N) is 2. The summed E-state index contributed by atoms with van der Waals surface area (Å²) in [5.74, 6) is 0.828. The molecule has 5 atom stereocenters. The predicted octanol–water partition coefficient (Wildman–Crippen LogP) is 7.94. The maximum atomic E-state index is 14.5. The summed E-state index contributed by atoms with van der Waals surface area (Å²) in [6.07, 6.45) is 10.8. The van der Waals surface area contributed by atoms with Gasteiger partial charge in [0.05, 0.1) is 11.8 Å². The van der Waals surface area contributed by atoms with E-state index in [0.29, 0.717) is 11.8 Å². The minimum Gasteiger partial charge on any atom is -0.460 e. The second kappa shape index (κ2) is 13.7. The molecule has 6 rings (SSSR count). The number of ether oxygens (including phenoxy) is 1. The van der Waals surface area contributed by atoms with Gasteiger partial charge in [-0.3, -0.25) is 14.5 Å². The van der Waals surface area contributed by atoms with Gasteiger partial charge < -0.3 is 9.64 Å². The Morgan fingerprint density at radius 2 is 1.47 bits per heavy atom. The lowest BCUT2D eigenvalue weighted by Crippen LogP contribution is -2.42. The molecule has 2 heterocycles. The van der Waals surface area contributed by atoms with Crippen LogP contribution >= 0.6 is 0 Å². The molecule has 4 unspecified atom stereocenters. The molecule has 4 aliphatic rings. The summed E-state index contributed by atoms with van der Waals surface area (Å²) in [5.41, 5.74) is 8.03. The van der Waals surface area contributed by atoms with Crippen LogP contribution in [0.15, 0.2) is 36.4 Å². The topological polar surface area (TPSA) is 49.9 Å². The molecule has 47 heavy (non-hydrogen) atoms. The Hall–Kier alpha value is -2.66. The number of benzene rings is 2. The molecular weight excluding hydrogens is 580 g/mol. The van der Waals surface area contributed by atoms with Crippen LogP contribution in [0.1, 0.15) is 120 Å². The number of fused-ring (bicyclic) bond motifs is 2. The second-order valence-electron chi connectivity index (χ2n) is 17.3. The van der Waals surface area contributed by atoms with Gasteiger partial charge in [-0.25, -0.2) is 0 Å². The van der Waals surface area contributed by atoms with Crippen molar-refractivity contribution in [3.05, 3.63) is 69.8 Å². The van der Waals surface area contributed by atoms with E-state index >= 15 is 0 Å². The van der Waals surface area contributed by atoms with Crippen LogP contribution in [0, 0.1) is 23.7 Å². The Labute approximate surface area is 284 Å². The van der Waals surface area contributed by atoms with Crippen LogP contribution in [-0.2, 0) is 46.4 Å². The normalized spacial score (nSPS) is 24.8. The molecule has 0 N–H and O–H groups in total. The van der Waals surface area contributed by atoms with E-state index in [1.807, 2.05) is 20.8 Å². The molecule has 2 aromatic rings. The average molecular weight is 641 g/mol. The molecule has 2 aliphatic carbocycles. The fourth-order valence-electron chi connectivity index (χ4n) is 9.06. The molecule has 0 bridgehead atoms. The van der Waals surface area contributed by atoms with Crippen LogP contribution in [-0.4, -0.2) is 59.0 Å². The maximum Gasteiger partial charge on any atom is 0.310 e. The van der Waals surface area contributed by atoms with Crippen LogP contribution in [0.5, 0.6) is 0 Å². The fraction of sp³-hybridized carbons (Fsp3) is 0.667. The zero-order valence-corrected chi connectivity index (χ0v) is 30.4. The number of amides is 1. The number of esters is 1. The summed E-state index contributed by atoms with van der Waals surface area (Å²) in [4.78, 5) is 33.0. The first-order valence-electron chi connectivity index (χ1n) is 18.8. The molecule has 2 saturated heterocycles. The van der Waals surface area contributed by atoms with Crippen LogP contribution in [0.25, 0.3) is 0 Å². The summed E-state index contributed by atoms with van der Waals surface area (Å²) in [6.45, 7) is 18.4. The number of carbonyl (C=O) groups is 2. The molecule has 5 heteroatoms. The molecular formula is C42H60N2O3. The SMILES string of the molecule is CC(C1CCCN(C(=O)C2CN(C(C)(C)C)CC2c2ccc3c(c2)CCC3)CC1)[C@@H](Cc1ccc2c(c1)CCC2)C(=O)OC(C)(C)C. The number of hydrogen-bond donors (Lipinski definition) is 0. The third-order valence-electron chi connectivity index (χ3n) is 11.9. The molecule has 0 radical (unpaired) electrons. The van der Waals surface area contributed by atoms with Crippen LogP contribution in [0.4, 0.5) is 0 Å². The van der Waals surface area contributed by atoms with Gasteiger partial charge in [0.25, 0.3) is 0 Å². The van der Waals surface area contributed by atoms with Crippen molar-refractivity contribution in [2.24, 2.45) is 23.7 Å². The highest BCUT2D eigenvalue weighted by molar-refractivity contribution is 5.81. The molecule has 0 saturated carbocycles. The van der Waals surface area contributed by atoms with E-state index in [1.54, 1.807) is 0 Å². The number of likely N-dealkylation sites (tertiary alicyclic amines) is 2. The number of carbonyl (C=O) groups excluding carboxylic acids is 2. The third kappa shape index (κ3) is 7.82. The molecule has 2 fully saturated rings. The quantitative estimate of drug-likeness (QED) is 0.289. The van der Waals surface area contributed by atoms with Crippen molar-refractivity contribution in [3.63, 3.8) is 0 Å². The van der Waals surface area contributed by atoms with Crippen molar-refractivity contribution in [2.75, 3.05) is 26.2 Å². The van der Waals surface area contributed by atoms with Crippen molar-refractivity contribution in [1.29, 1.82) is 0 Å². The van der Waals surface area contributed by atoms with Crippen molar-refractivity contribution < 1.29 is 14.3 Å². The maximum absolute atomic E-state index is 14.5. The first kappa shape index (κ1) is 34.2. The van der Waals surface area contributed by atoms with Gasteiger partial charge in [0.1, 0.15) is 5.60 Å². The monoisotopic (exact) mass is 640 g/mol. The molecule has 2 aromatic carbocycles. The summed E-state index contributed by atoms with van der Waals surface area (Å²) < 4.78 is 6.05. The van der Waals surface area contributed by atoms with E-state index < -0.39 is 5.60 Å². The molecule has 0 spiro atoms. The molecule has 0 aromatic heterocycles. The summed E-state index contributed by atoms with van der Waals surface area (Å²) in [5, 5.41) is 0. The van der Waals surface area contributed by atoms with E-state index in [9.17, 15) is 9.59 Å². The van der Waals surface area contributed by atoms with Crippen LogP contribution in [0.3, 0.4) is 0 Å². The van der Waals surface area contributed by atoms with Gasteiger partial charge in [0, 0.05) is 37.6 Å². The molecule has 2 aliphatic heterocycles. The lowest BCUT2D eigenvalue weighted by atomic mass is 9.76. The average Bonchev–Trinajstić information content (AvgIpc) is 3.74. The molecule has 1 amide bonds. The second-order valence-corrected chi connectivity index (χ2v) is 17.3. The Balaban J connectivity index is 1.17. The Morgan fingerprint density at radius 1 is 0.809 bits per heavy atom. The highest BCUT2D eigenvalue weighted by Crippen LogP contribution is 2.40. The summed E-state index contributed by atoms with van der Waals surface area (Å²) in [6, 6.07) is 13.9. The van der Waals surface area contributed by atoms with Crippen LogP contribution < -0.4 is 0 Å². The fourth-order valence-corrected chi connectivity index (χ4v) is 9.06. The van der Waals surface area contributed by atoms with E-state index in [2.05, 4.69) is 73.9 Å². The lowest BCUT2D eigenvalue weighted by molar-refractivity contribution is -0.162. The van der Waals surface area contributed by atoms with Gasteiger partial charge in [0.15, 0.2) is 0 Å². The largest absolute Gasteiger partial charge is 0.460 e. The van der Waals surface area contributed by atoms with Crippen molar-refractivity contribution in [3.8, 4) is 0 Å². The van der Waals surface area contributed by atoms with E-state index in [1.165, 1.54) is 65.5 Å². The zero-order valence-electron chi connectivity index (χ0n) is 30.4. The van der Waals surface area contributed by atoms with Crippen molar-refractivity contribution in [2.45, 2.75) is 130 Å². The Bertz CT molecular complexity index is 1450. The predicted molar refractivity (Wildman–Crippen MR) is 191 cm³/mol. The first-order chi connectivity index (χ1) is 22.3. The van der Waals surface area contributed by atoms with Gasteiger partial charge in [-0.1, -0.05) is 43.3 Å². The van der Waals surface area contributed by atoms with Gasteiger partial charge in [-0.2, -0.15) is 0 Å². The highest BCUT2D eigenvalue weighted by Gasteiger charge is 2.44. The number of rotatable bonds is 7. The molecule has 5 nitrogen and oxygen atoms in total. The van der Waals surface area contributed by atoms with Crippen molar-refractivity contribution in [1.82, 2.24) is 9.80 Å². The summed E-state index contributed by atoms with van der Waals surface area (Å²) in [7, 11) is 0. The van der Waals surface area contributed by atoms with Gasteiger partial charge in [-0.15, -0.1) is 0 Å². The van der Waals surface area contributed by atoms with Crippen molar-refractivity contribution >= 4 is 11.9 Å². The minimum atomic E-state index is -0.517. The lowest BCUT2D eigenvalue weighted by Gasteiger charge is -2.32. The Morgan fingerprint density at radius 3 is 2.15 bits per heavy atom.